The summed E-state index contributed by atoms with van der Waals surface area (Å²) in [6, 6.07) is 4.10. The topological polar surface area (TPSA) is 20.2 Å². The minimum Gasteiger partial charge on any atom is -0.388 e. The molecule has 1 fully saturated rings. The van der Waals surface area contributed by atoms with Crippen LogP contribution in [-0.2, 0) is 0 Å². The molecule has 0 aliphatic heterocycles. The van der Waals surface area contributed by atoms with Gasteiger partial charge in [-0.2, -0.15) is 0 Å². The van der Waals surface area contributed by atoms with Crippen molar-refractivity contribution in [3.05, 3.63) is 34.6 Å². The number of rotatable bonds is 2. The molecule has 0 saturated heterocycles. The van der Waals surface area contributed by atoms with E-state index in [0.717, 1.165) is 12.8 Å². The lowest BCUT2D eigenvalue weighted by atomic mass is 9.95. The Hall–Kier alpha value is -0.600. The number of aliphatic hydroxyl groups is 1. The summed E-state index contributed by atoms with van der Waals surface area (Å²) in [7, 11) is 0. The van der Waals surface area contributed by atoms with E-state index in [9.17, 15) is 9.50 Å². The van der Waals surface area contributed by atoms with E-state index in [4.69, 9.17) is 11.6 Å². The van der Waals surface area contributed by atoms with Crippen molar-refractivity contribution in [1.82, 2.24) is 0 Å². The van der Waals surface area contributed by atoms with Gasteiger partial charge in [0.2, 0.25) is 0 Å². The predicted molar refractivity (Wildman–Crippen MR) is 53.7 cm³/mol. The van der Waals surface area contributed by atoms with Gasteiger partial charge in [0, 0.05) is 10.6 Å². The van der Waals surface area contributed by atoms with Crippen molar-refractivity contribution in [3.63, 3.8) is 0 Å². The highest BCUT2D eigenvalue weighted by atomic mass is 35.5. The normalized spacial score (nSPS) is 20.6. The molecule has 1 atom stereocenters. The van der Waals surface area contributed by atoms with E-state index in [2.05, 4.69) is 0 Å². The number of benzene rings is 1. The molecule has 1 aromatic rings. The standard InChI is InChI=1S/C11H12ClFO/c1-11(4-5-11)10(14)8-6-7(13)2-3-9(8)12/h2-3,6,10,14H,4-5H2,1H3. The second-order valence-corrected chi connectivity index (χ2v) is 4.63. The van der Waals surface area contributed by atoms with Gasteiger partial charge in [0.1, 0.15) is 5.82 Å². The summed E-state index contributed by atoms with van der Waals surface area (Å²) in [5, 5.41) is 10.4. The summed E-state index contributed by atoms with van der Waals surface area (Å²) in [5.41, 5.74) is 0.406. The van der Waals surface area contributed by atoms with Gasteiger partial charge in [-0.3, -0.25) is 0 Å². The number of hydrogen-bond acceptors (Lipinski definition) is 1. The average Bonchev–Trinajstić information content (AvgIpc) is 2.88. The maximum Gasteiger partial charge on any atom is 0.123 e. The molecule has 0 radical (unpaired) electrons. The molecule has 0 aromatic heterocycles. The van der Waals surface area contributed by atoms with E-state index in [-0.39, 0.29) is 11.2 Å². The molecule has 1 aliphatic carbocycles. The van der Waals surface area contributed by atoms with E-state index in [1.807, 2.05) is 6.92 Å². The molecule has 1 aliphatic rings. The Morgan fingerprint density at radius 1 is 1.50 bits per heavy atom. The zero-order valence-electron chi connectivity index (χ0n) is 7.93. The molecule has 1 unspecified atom stereocenters. The fraction of sp³-hybridized carbons (Fsp3) is 0.455. The second-order valence-electron chi connectivity index (χ2n) is 4.22. The molecule has 3 heteroatoms. The van der Waals surface area contributed by atoms with Crippen molar-refractivity contribution in [3.8, 4) is 0 Å². The van der Waals surface area contributed by atoms with Gasteiger partial charge in [-0.15, -0.1) is 0 Å². The van der Waals surface area contributed by atoms with E-state index < -0.39 is 6.10 Å². The number of aliphatic hydroxyl groups excluding tert-OH is 1. The third-order valence-corrected chi connectivity index (χ3v) is 3.30. The average molecular weight is 215 g/mol. The molecule has 76 valence electrons. The van der Waals surface area contributed by atoms with Crippen LogP contribution >= 0.6 is 11.6 Å². The summed E-state index contributed by atoms with van der Waals surface area (Å²) in [4.78, 5) is 0. The molecule has 0 bridgehead atoms. The lowest BCUT2D eigenvalue weighted by Crippen LogP contribution is -2.10. The van der Waals surface area contributed by atoms with Crippen LogP contribution < -0.4 is 0 Å². The first-order chi connectivity index (χ1) is 6.53. The Balaban J connectivity index is 2.35. The van der Waals surface area contributed by atoms with Gasteiger partial charge >= 0.3 is 0 Å². The quantitative estimate of drug-likeness (QED) is 0.801. The monoisotopic (exact) mass is 214 g/mol. The number of hydrogen-bond donors (Lipinski definition) is 1. The maximum absolute atomic E-state index is 12.9. The molecular weight excluding hydrogens is 203 g/mol. The lowest BCUT2D eigenvalue weighted by Gasteiger charge is -2.18. The second kappa shape index (κ2) is 3.21. The number of halogens is 2. The third-order valence-electron chi connectivity index (χ3n) is 2.95. The van der Waals surface area contributed by atoms with Crippen LogP contribution in [0.4, 0.5) is 4.39 Å². The molecule has 14 heavy (non-hydrogen) atoms. The smallest absolute Gasteiger partial charge is 0.123 e. The Bertz CT molecular complexity index is 360. The molecule has 1 aromatic carbocycles. The highest BCUT2D eigenvalue weighted by Crippen LogP contribution is 2.55. The zero-order valence-corrected chi connectivity index (χ0v) is 8.68. The van der Waals surface area contributed by atoms with E-state index in [1.54, 1.807) is 0 Å². The van der Waals surface area contributed by atoms with Crippen LogP contribution in [0, 0.1) is 11.2 Å². The van der Waals surface area contributed by atoms with Gasteiger partial charge in [-0.05, 0) is 36.5 Å². The van der Waals surface area contributed by atoms with Crippen LogP contribution in [0.2, 0.25) is 5.02 Å². The Morgan fingerprint density at radius 3 is 2.71 bits per heavy atom. The maximum atomic E-state index is 12.9. The van der Waals surface area contributed by atoms with Crippen LogP contribution in [0.25, 0.3) is 0 Å². The highest BCUT2D eigenvalue weighted by Gasteiger charge is 2.45. The van der Waals surface area contributed by atoms with Crippen LogP contribution in [-0.4, -0.2) is 5.11 Å². The Kier molecular flexibility index (Phi) is 2.28. The van der Waals surface area contributed by atoms with Crippen molar-refractivity contribution in [2.75, 3.05) is 0 Å². The first-order valence-corrected chi connectivity index (χ1v) is 5.04. The molecule has 1 saturated carbocycles. The van der Waals surface area contributed by atoms with Crippen molar-refractivity contribution >= 4 is 11.6 Å². The van der Waals surface area contributed by atoms with Gasteiger partial charge in [-0.1, -0.05) is 18.5 Å². The van der Waals surface area contributed by atoms with Gasteiger partial charge < -0.3 is 5.11 Å². The van der Waals surface area contributed by atoms with E-state index in [1.165, 1.54) is 18.2 Å². The van der Waals surface area contributed by atoms with Crippen LogP contribution in [0.1, 0.15) is 31.4 Å². The molecule has 1 N–H and O–H groups in total. The Morgan fingerprint density at radius 2 is 2.14 bits per heavy atom. The third kappa shape index (κ3) is 1.64. The highest BCUT2D eigenvalue weighted by molar-refractivity contribution is 6.31. The first-order valence-electron chi connectivity index (χ1n) is 4.66. The summed E-state index contributed by atoms with van der Waals surface area (Å²) in [6.07, 6.45) is 1.30. The summed E-state index contributed by atoms with van der Waals surface area (Å²) >= 11 is 5.90. The minimum atomic E-state index is -0.648. The van der Waals surface area contributed by atoms with Gasteiger partial charge in [0.25, 0.3) is 0 Å². The molecule has 2 rings (SSSR count). The molecule has 0 spiro atoms. The first kappa shape index (κ1) is 9.94. The molecule has 0 amide bonds. The lowest BCUT2D eigenvalue weighted by molar-refractivity contribution is 0.103. The van der Waals surface area contributed by atoms with Crippen LogP contribution in [0.3, 0.4) is 0 Å². The summed E-state index contributed by atoms with van der Waals surface area (Å²) in [5.74, 6) is -0.354. The van der Waals surface area contributed by atoms with Crippen LogP contribution in [0.5, 0.6) is 0 Å². The van der Waals surface area contributed by atoms with Crippen molar-refractivity contribution in [1.29, 1.82) is 0 Å². The summed E-state index contributed by atoms with van der Waals surface area (Å²) in [6.45, 7) is 1.99. The Labute approximate surface area is 87.5 Å². The van der Waals surface area contributed by atoms with Crippen LogP contribution in [0.15, 0.2) is 18.2 Å². The molecule has 0 heterocycles. The zero-order chi connectivity index (χ0) is 10.3. The minimum absolute atomic E-state index is 0.0998. The fourth-order valence-electron chi connectivity index (χ4n) is 1.57. The SMILES string of the molecule is CC1(C(O)c2cc(F)ccc2Cl)CC1. The van der Waals surface area contributed by atoms with E-state index in [0.29, 0.717) is 10.6 Å². The van der Waals surface area contributed by atoms with Crippen molar-refractivity contribution in [2.45, 2.75) is 25.9 Å². The van der Waals surface area contributed by atoms with Crippen molar-refractivity contribution in [2.24, 2.45) is 5.41 Å². The van der Waals surface area contributed by atoms with Gasteiger partial charge in [0.05, 0.1) is 6.10 Å². The molecule has 1 nitrogen and oxygen atoms in total. The fourth-order valence-corrected chi connectivity index (χ4v) is 1.79. The van der Waals surface area contributed by atoms with Crippen molar-refractivity contribution < 1.29 is 9.50 Å². The predicted octanol–water partition coefficient (Wildman–Crippen LogP) is 3.31. The van der Waals surface area contributed by atoms with Gasteiger partial charge in [-0.25, -0.2) is 4.39 Å². The van der Waals surface area contributed by atoms with Gasteiger partial charge in [0.15, 0.2) is 0 Å². The van der Waals surface area contributed by atoms with E-state index >= 15 is 0 Å². The molecular formula is C11H12ClFO. The largest absolute Gasteiger partial charge is 0.388 e. The summed E-state index contributed by atoms with van der Waals surface area (Å²) < 4.78 is 12.9.